The highest BCUT2D eigenvalue weighted by molar-refractivity contribution is 5.95. The average molecular weight is 401 g/mol. The Balaban J connectivity index is 0.00000364. The fourth-order valence-electron chi connectivity index (χ4n) is 3.26. The lowest BCUT2D eigenvalue weighted by atomic mass is 10.0. The van der Waals surface area contributed by atoms with E-state index in [4.69, 9.17) is 14.2 Å². The first-order valence-electron chi connectivity index (χ1n) is 9.52. The molecule has 1 aromatic carbocycles. The zero-order chi connectivity index (χ0) is 18.8. The second-order valence-corrected chi connectivity index (χ2v) is 6.56. The number of halogens is 1. The van der Waals surface area contributed by atoms with Gasteiger partial charge in [-0.15, -0.1) is 12.4 Å². The van der Waals surface area contributed by atoms with Crippen molar-refractivity contribution in [1.29, 1.82) is 0 Å². The molecule has 1 saturated heterocycles. The molecule has 1 aliphatic rings. The van der Waals surface area contributed by atoms with Crippen molar-refractivity contribution in [2.45, 2.75) is 38.6 Å². The highest BCUT2D eigenvalue weighted by Crippen LogP contribution is 2.29. The van der Waals surface area contributed by atoms with Crippen LogP contribution in [0.1, 0.15) is 43.0 Å². The molecule has 6 nitrogen and oxygen atoms in total. The molecule has 0 bridgehead atoms. The molecule has 0 saturated carbocycles. The zero-order valence-corrected chi connectivity index (χ0v) is 17.5. The summed E-state index contributed by atoms with van der Waals surface area (Å²) in [6.45, 7) is 5.93. The first kappa shape index (κ1) is 23.5. The normalized spacial score (nSPS) is 16.3. The minimum absolute atomic E-state index is 0. The van der Waals surface area contributed by atoms with Gasteiger partial charge in [-0.05, 0) is 44.0 Å². The molecule has 1 N–H and O–H groups in total. The Labute approximate surface area is 168 Å². The largest absolute Gasteiger partial charge is 0.493 e. The van der Waals surface area contributed by atoms with E-state index in [1.165, 1.54) is 0 Å². The van der Waals surface area contributed by atoms with Gasteiger partial charge in [0.25, 0.3) is 5.91 Å². The van der Waals surface area contributed by atoms with Gasteiger partial charge in [0, 0.05) is 44.8 Å². The highest BCUT2D eigenvalue weighted by Gasteiger charge is 2.26. The van der Waals surface area contributed by atoms with E-state index < -0.39 is 0 Å². The highest BCUT2D eigenvalue weighted by atomic mass is 35.5. The minimum atomic E-state index is 0. The van der Waals surface area contributed by atoms with Crippen LogP contribution in [0.25, 0.3) is 0 Å². The van der Waals surface area contributed by atoms with E-state index in [1.807, 2.05) is 17.0 Å². The predicted molar refractivity (Wildman–Crippen MR) is 109 cm³/mol. The van der Waals surface area contributed by atoms with Gasteiger partial charge in [-0.25, -0.2) is 0 Å². The molecule has 0 unspecified atom stereocenters. The maximum Gasteiger partial charge on any atom is 0.254 e. The lowest BCUT2D eigenvalue weighted by Gasteiger charge is -2.34. The Kier molecular flexibility index (Phi) is 11.2. The monoisotopic (exact) mass is 400 g/mol. The number of piperidine rings is 1. The molecule has 1 aromatic rings. The van der Waals surface area contributed by atoms with E-state index in [-0.39, 0.29) is 24.4 Å². The van der Waals surface area contributed by atoms with Crippen molar-refractivity contribution in [3.05, 3.63) is 23.8 Å². The number of ether oxygens (including phenoxy) is 3. The van der Waals surface area contributed by atoms with Crippen LogP contribution in [0.5, 0.6) is 11.5 Å². The number of hydrogen-bond acceptors (Lipinski definition) is 5. The number of nitrogens with zero attached hydrogens (tertiary/aromatic N) is 1. The van der Waals surface area contributed by atoms with Crippen molar-refractivity contribution in [3.8, 4) is 11.5 Å². The van der Waals surface area contributed by atoms with Gasteiger partial charge < -0.3 is 24.4 Å². The number of benzene rings is 1. The van der Waals surface area contributed by atoms with E-state index in [2.05, 4.69) is 12.2 Å². The molecule has 27 heavy (non-hydrogen) atoms. The summed E-state index contributed by atoms with van der Waals surface area (Å²) >= 11 is 0. The molecule has 1 atom stereocenters. The van der Waals surface area contributed by atoms with Crippen LogP contribution in [0.2, 0.25) is 0 Å². The Hall–Kier alpha value is -1.50. The second-order valence-electron chi connectivity index (χ2n) is 6.56. The van der Waals surface area contributed by atoms with Gasteiger partial charge in [0.15, 0.2) is 11.5 Å². The molecule has 1 aliphatic heterocycles. The first-order chi connectivity index (χ1) is 12.7. The third kappa shape index (κ3) is 6.87. The molecule has 7 heteroatoms. The van der Waals surface area contributed by atoms with Crippen LogP contribution in [0, 0.1) is 0 Å². The first-order valence-corrected chi connectivity index (χ1v) is 9.52. The lowest BCUT2D eigenvalue weighted by molar-refractivity contribution is 0.0648. The lowest BCUT2D eigenvalue weighted by Crippen LogP contribution is -2.49. The van der Waals surface area contributed by atoms with Crippen molar-refractivity contribution < 1.29 is 19.0 Å². The molecule has 0 aliphatic carbocycles. The summed E-state index contributed by atoms with van der Waals surface area (Å²) in [5.74, 6) is 1.30. The van der Waals surface area contributed by atoms with Crippen molar-refractivity contribution in [1.82, 2.24) is 10.2 Å². The molecule has 2 rings (SSSR count). The van der Waals surface area contributed by atoms with Crippen LogP contribution in [-0.4, -0.2) is 63.9 Å². The van der Waals surface area contributed by atoms with E-state index >= 15 is 0 Å². The molecule has 0 radical (unpaired) electrons. The van der Waals surface area contributed by atoms with E-state index in [0.29, 0.717) is 30.3 Å². The Bertz CT molecular complexity index is 565. The van der Waals surface area contributed by atoms with Gasteiger partial charge in [0.2, 0.25) is 0 Å². The van der Waals surface area contributed by atoms with Crippen molar-refractivity contribution in [2.75, 3.05) is 47.1 Å². The summed E-state index contributed by atoms with van der Waals surface area (Å²) < 4.78 is 16.2. The van der Waals surface area contributed by atoms with E-state index in [1.54, 1.807) is 20.3 Å². The molecular formula is C20H33ClN2O4. The minimum Gasteiger partial charge on any atom is -0.493 e. The molecule has 154 valence electrons. The molecule has 1 amide bonds. The fourth-order valence-corrected chi connectivity index (χ4v) is 3.26. The number of carbonyl (C=O) groups is 1. The van der Waals surface area contributed by atoms with Crippen LogP contribution in [-0.2, 0) is 4.74 Å². The van der Waals surface area contributed by atoms with Gasteiger partial charge in [0.05, 0.1) is 13.7 Å². The molecule has 0 aromatic heterocycles. The summed E-state index contributed by atoms with van der Waals surface area (Å²) in [6, 6.07) is 5.68. The van der Waals surface area contributed by atoms with Gasteiger partial charge >= 0.3 is 0 Å². The van der Waals surface area contributed by atoms with Crippen molar-refractivity contribution in [3.63, 3.8) is 0 Å². The van der Waals surface area contributed by atoms with Crippen LogP contribution in [0.15, 0.2) is 18.2 Å². The average Bonchev–Trinajstić information content (AvgIpc) is 2.69. The van der Waals surface area contributed by atoms with E-state index in [9.17, 15) is 4.79 Å². The molecule has 0 spiro atoms. The van der Waals surface area contributed by atoms with Gasteiger partial charge in [-0.1, -0.05) is 6.92 Å². The van der Waals surface area contributed by atoms with Gasteiger partial charge in [0.1, 0.15) is 0 Å². The summed E-state index contributed by atoms with van der Waals surface area (Å²) in [5, 5.41) is 3.40. The van der Waals surface area contributed by atoms with Crippen LogP contribution in [0.4, 0.5) is 0 Å². The number of hydrogen-bond donors (Lipinski definition) is 1. The standard InChI is InChI=1S/C20H32N2O4.ClH/c1-4-11-22(17-7-5-10-21-15-17)20(23)16-8-9-18(25-3)19(14-16)26-13-6-12-24-2;/h8-9,14,17,21H,4-7,10-13,15H2,1-3H3;1H/t17-;/m1./s1. The molecule has 1 heterocycles. The van der Waals surface area contributed by atoms with Crippen LogP contribution >= 0.6 is 12.4 Å². The Morgan fingerprint density at radius 1 is 1.26 bits per heavy atom. The summed E-state index contributed by atoms with van der Waals surface area (Å²) in [5.41, 5.74) is 0.645. The number of methoxy groups -OCH3 is 2. The fraction of sp³-hybridized carbons (Fsp3) is 0.650. The maximum absolute atomic E-state index is 13.1. The van der Waals surface area contributed by atoms with Crippen LogP contribution in [0.3, 0.4) is 0 Å². The van der Waals surface area contributed by atoms with Gasteiger partial charge in [-0.3, -0.25) is 4.79 Å². The summed E-state index contributed by atoms with van der Waals surface area (Å²) in [7, 11) is 3.28. The topological polar surface area (TPSA) is 60.0 Å². The third-order valence-corrected chi connectivity index (χ3v) is 4.60. The number of carbonyl (C=O) groups excluding carboxylic acids is 1. The van der Waals surface area contributed by atoms with Crippen molar-refractivity contribution in [2.24, 2.45) is 0 Å². The Morgan fingerprint density at radius 2 is 2.07 bits per heavy atom. The third-order valence-electron chi connectivity index (χ3n) is 4.60. The van der Waals surface area contributed by atoms with E-state index in [0.717, 1.165) is 45.3 Å². The number of rotatable bonds is 10. The van der Waals surface area contributed by atoms with Gasteiger partial charge in [-0.2, -0.15) is 0 Å². The van der Waals surface area contributed by atoms with Crippen LogP contribution < -0.4 is 14.8 Å². The quantitative estimate of drug-likeness (QED) is 0.611. The SMILES string of the molecule is CCCN(C(=O)c1ccc(OC)c(OCCCOC)c1)[C@@H]1CCCNC1.Cl. The van der Waals surface area contributed by atoms with Crippen molar-refractivity contribution >= 4 is 18.3 Å². The number of nitrogens with one attached hydrogen (secondary N) is 1. The Morgan fingerprint density at radius 3 is 2.70 bits per heavy atom. The zero-order valence-electron chi connectivity index (χ0n) is 16.7. The summed E-state index contributed by atoms with van der Waals surface area (Å²) in [6.07, 6.45) is 3.89. The number of amides is 1. The molecular weight excluding hydrogens is 368 g/mol. The maximum atomic E-state index is 13.1. The smallest absolute Gasteiger partial charge is 0.254 e. The predicted octanol–water partition coefficient (Wildman–Crippen LogP) is 3.14. The summed E-state index contributed by atoms with van der Waals surface area (Å²) in [4.78, 5) is 15.1. The second kappa shape index (κ2) is 12.8. The molecule has 1 fully saturated rings.